The summed E-state index contributed by atoms with van der Waals surface area (Å²) in [5.41, 5.74) is 7.36. The van der Waals surface area contributed by atoms with E-state index in [1.54, 1.807) is 13.0 Å². The summed E-state index contributed by atoms with van der Waals surface area (Å²) in [4.78, 5) is 26.0. The van der Waals surface area contributed by atoms with Gasteiger partial charge in [0.05, 0.1) is 12.3 Å². The Hall–Kier alpha value is -2.56. The van der Waals surface area contributed by atoms with E-state index in [-0.39, 0.29) is 23.8 Å². The van der Waals surface area contributed by atoms with Gasteiger partial charge in [0.15, 0.2) is 5.69 Å². The van der Waals surface area contributed by atoms with Crippen LogP contribution in [-0.2, 0) is 4.74 Å². The third-order valence-corrected chi connectivity index (χ3v) is 1.90. The minimum Gasteiger partial charge on any atom is -0.461 e. The fraction of sp³-hybridized carbons (Fsp3) is 0.333. The summed E-state index contributed by atoms with van der Waals surface area (Å²) in [5, 5.41) is 8.80. The second-order valence-corrected chi connectivity index (χ2v) is 3.01. The van der Waals surface area contributed by atoms with E-state index >= 15 is 0 Å². The number of ether oxygens (including phenoxy) is 1. The number of carbonyl (C=O) groups excluding carboxylic acids is 2. The summed E-state index contributed by atoms with van der Waals surface area (Å²) in [6, 6.07) is 0.869. The van der Waals surface area contributed by atoms with Gasteiger partial charge in [0.25, 0.3) is 0 Å². The third kappa shape index (κ3) is 2.52. The van der Waals surface area contributed by atoms with Crippen molar-refractivity contribution in [2.75, 3.05) is 12.0 Å². The summed E-state index contributed by atoms with van der Waals surface area (Å²) in [6.07, 6.45) is 0. The van der Waals surface area contributed by atoms with E-state index in [1.165, 1.54) is 6.92 Å². The number of amides is 2. The zero-order chi connectivity index (χ0) is 13.0. The Morgan fingerprint density at radius 2 is 2.29 bits per heavy atom. The highest BCUT2D eigenvalue weighted by molar-refractivity contribution is 5.89. The van der Waals surface area contributed by atoms with Crippen LogP contribution in [0.4, 0.5) is 4.79 Å². The Bertz CT molecular complexity index is 499. The summed E-state index contributed by atoms with van der Waals surface area (Å²) < 4.78 is 5.79. The van der Waals surface area contributed by atoms with Crippen molar-refractivity contribution in [1.29, 1.82) is 5.26 Å². The molecule has 2 amide bonds. The first-order valence-electron chi connectivity index (χ1n) is 4.74. The highest BCUT2D eigenvalue weighted by atomic mass is 16.5. The first-order chi connectivity index (χ1) is 8.01. The normalized spacial score (nSPS) is 9.47. The quantitative estimate of drug-likeness (QED) is 0.708. The molecule has 0 saturated carbocycles. The van der Waals surface area contributed by atoms with Crippen LogP contribution in [0.2, 0.25) is 0 Å². The van der Waals surface area contributed by atoms with E-state index < -0.39 is 12.0 Å². The van der Waals surface area contributed by atoms with Crippen LogP contribution in [0.25, 0.3) is 0 Å². The van der Waals surface area contributed by atoms with Gasteiger partial charge < -0.3 is 10.5 Å². The molecule has 1 aromatic heterocycles. The second-order valence-electron chi connectivity index (χ2n) is 3.01. The lowest BCUT2D eigenvalue weighted by molar-refractivity contribution is 0.0519. The molecule has 0 aromatic carbocycles. The Morgan fingerprint density at radius 1 is 1.65 bits per heavy atom. The van der Waals surface area contributed by atoms with Gasteiger partial charge in [0, 0.05) is 0 Å². The van der Waals surface area contributed by atoms with Crippen molar-refractivity contribution in [2.24, 2.45) is 5.73 Å². The summed E-state index contributed by atoms with van der Waals surface area (Å²) in [6.45, 7) is 3.35. The van der Waals surface area contributed by atoms with Gasteiger partial charge in [-0.2, -0.15) is 5.26 Å². The fourth-order valence-corrected chi connectivity index (χ4v) is 1.22. The minimum atomic E-state index is -0.864. The van der Waals surface area contributed by atoms with Crippen LogP contribution in [0.1, 0.15) is 28.9 Å². The first kappa shape index (κ1) is 12.5. The molecular formula is C9H11N5O3. The number of carbonyl (C=O) groups is 2. The number of esters is 1. The number of hydrogen-bond donors (Lipinski definition) is 2. The predicted molar refractivity (Wildman–Crippen MR) is 56.6 cm³/mol. The number of nitrogens with zero attached hydrogens (tertiary/aromatic N) is 3. The summed E-state index contributed by atoms with van der Waals surface area (Å²) in [5.74, 6) is -0.809. The maximum absolute atomic E-state index is 11.5. The number of aromatic nitrogens is 2. The lowest BCUT2D eigenvalue weighted by Gasteiger charge is -2.05. The van der Waals surface area contributed by atoms with Crippen LogP contribution in [-0.4, -0.2) is 28.3 Å². The van der Waals surface area contributed by atoms with E-state index in [0.29, 0.717) is 0 Å². The summed E-state index contributed by atoms with van der Waals surface area (Å²) >= 11 is 0. The number of nitrogens with two attached hydrogens (primary N) is 1. The molecule has 0 radical (unpaired) electrons. The molecule has 17 heavy (non-hydrogen) atoms. The number of hydrogen-bond acceptors (Lipinski definition) is 5. The number of rotatable bonds is 3. The smallest absolute Gasteiger partial charge is 0.358 e. The first-order valence-corrected chi connectivity index (χ1v) is 4.74. The molecule has 0 aliphatic carbocycles. The van der Waals surface area contributed by atoms with Gasteiger partial charge in [-0.1, -0.05) is 0 Å². The van der Waals surface area contributed by atoms with Gasteiger partial charge in [-0.15, -0.1) is 0 Å². The minimum absolute atomic E-state index is 0.0304. The molecular weight excluding hydrogens is 226 g/mol. The Labute approximate surface area is 96.9 Å². The average Bonchev–Trinajstić information content (AvgIpc) is 2.56. The zero-order valence-electron chi connectivity index (χ0n) is 9.35. The largest absolute Gasteiger partial charge is 0.461 e. The van der Waals surface area contributed by atoms with Crippen LogP contribution in [0.5, 0.6) is 0 Å². The van der Waals surface area contributed by atoms with Gasteiger partial charge in [0.2, 0.25) is 5.82 Å². The van der Waals surface area contributed by atoms with Crippen molar-refractivity contribution in [3.8, 4) is 6.07 Å². The monoisotopic (exact) mass is 237 g/mol. The van der Waals surface area contributed by atoms with Gasteiger partial charge in [-0.05, 0) is 13.8 Å². The van der Waals surface area contributed by atoms with Gasteiger partial charge in [-0.3, -0.25) is 0 Å². The second kappa shape index (κ2) is 4.98. The van der Waals surface area contributed by atoms with E-state index in [4.69, 9.17) is 15.7 Å². The van der Waals surface area contributed by atoms with Crippen LogP contribution < -0.4 is 11.2 Å². The third-order valence-electron chi connectivity index (χ3n) is 1.90. The van der Waals surface area contributed by atoms with Gasteiger partial charge in [-0.25, -0.2) is 24.7 Å². The van der Waals surface area contributed by atoms with E-state index in [2.05, 4.69) is 10.4 Å². The molecule has 1 rings (SSSR count). The molecule has 8 heteroatoms. The van der Waals surface area contributed by atoms with Crippen LogP contribution in [0.3, 0.4) is 0 Å². The van der Waals surface area contributed by atoms with Crippen molar-refractivity contribution in [1.82, 2.24) is 9.66 Å². The molecule has 8 nitrogen and oxygen atoms in total. The van der Waals surface area contributed by atoms with Crippen LogP contribution >= 0.6 is 0 Å². The van der Waals surface area contributed by atoms with E-state index in [9.17, 15) is 9.59 Å². The van der Waals surface area contributed by atoms with E-state index in [1.807, 2.05) is 0 Å². The zero-order valence-corrected chi connectivity index (χ0v) is 9.35. The standard InChI is InChI=1S/C9H11N5O3/c1-3-17-8(15)7-5(2)14(13-9(11)16)6(4-10)12-7/h3H2,1-2H3,(H3,11,13,16). The molecule has 0 bridgehead atoms. The molecule has 0 spiro atoms. The molecule has 0 aliphatic heterocycles. The average molecular weight is 237 g/mol. The number of primary amides is 1. The van der Waals surface area contributed by atoms with Crippen molar-refractivity contribution in [3.63, 3.8) is 0 Å². The molecule has 0 unspecified atom stereocenters. The maximum atomic E-state index is 11.5. The molecule has 0 atom stereocenters. The lowest BCUT2D eigenvalue weighted by atomic mass is 10.3. The number of nitrogens with one attached hydrogen (secondary N) is 1. The van der Waals surface area contributed by atoms with Crippen molar-refractivity contribution >= 4 is 12.0 Å². The van der Waals surface area contributed by atoms with Crippen LogP contribution in [0.15, 0.2) is 0 Å². The Kier molecular flexibility index (Phi) is 3.66. The van der Waals surface area contributed by atoms with Gasteiger partial charge >= 0.3 is 12.0 Å². The molecule has 1 heterocycles. The lowest BCUT2D eigenvalue weighted by Crippen LogP contribution is -2.30. The topological polar surface area (TPSA) is 123 Å². The number of imidazole rings is 1. The highest BCUT2D eigenvalue weighted by Crippen LogP contribution is 2.10. The maximum Gasteiger partial charge on any atom is 0.358 e. The molecule has 0 saturated heterocycles. The predicted octanol–water partition coefficient (Wildman–Crippen LogP) is -0.138. The van der Waals surface area contributed by atoms with E-state index in [0.717, 1.165) is 4.68 Å². The number of nitriles is 1. The molecule has 3 N–H and O–H groups in total. The van der Waals surface area contributed by atoms with Crippen molar-refractivity contribution < 1.29 is 14.3 Å². The molecule has 1 aromatic rings. The van der Waals surface area contributed by atoms with Crippen molar-refractivity contribution in [3.05, 3.63) is 17.2 Å². The fourth-order valence-electron chi connectivity index (χ4n) is 1.22. The molecule has 0 aliphatic rings. The Morgan fingerprint density at radius 3 is 2.76 bits per heavy atom. The highest BCUT2D eigenvalue weighted by Gasteiger charge is 2.21. The van der Waals surface area contributed by atoms with Crippen LogP contribution in [0, 0.1) is 18.3 Å². The SMILES string of the molecule is CCOC(=O)c1nc(C#N)n(NC(N)=O)c1C. The van der Waals surface area contributed by atoms with Gasteiger partial charge in [0.1, 0.15) is 6.07 Å². The number of urea groups is 1. The molecule has 0 fully saturated rings. The van der Waals surface area contributed by atoms with Crippen molar-refractivity contribution in [2.45, 2.75) is 13.8 Å². The summed E-state index contributed by atoms with van der Waals surface area (Å²) in [7, 11) is 0. The Balaban J connectivity index is 3.19. The molecule has 90 valence electrons.